The molecular weight excluding hydrogens is 388 g/mol. The third kappa shape index (κ3) is 16.7. The van der Waals surface area contributed by atoms with E-state index in [0.717, 1.165) is 41.6 Å². The van der Waals surface area contributed by atoms with Crippen LogP contribution < -0.4 is 24.8 Å². The van der Waals surface area contributed by atoms with Crippen molar-refractivity contribution in [1.29, 1.82) is 0 Å². The van der Waals surface area contributed by atoms with Gasteiger partial charge in [-0.1, -0.05) is 25.9 Å². The Kier molecular flexibility index (Phi) is 28.2. The molecule has 0 spiro atoms. The first-order chi connectivity index (χ1) is 8.11. The second kappa shape index (κ2) is 19.6. The minimum Gasteiger partial charge on any atom is -1.00 e. The Hall–Kier alpha value is 0.630. The first kappa shape index (κ1) is 28.7. The van der Waals surface area contributed by atoms with Gasteiger partial charge in [-0.25, -0.2) is 11.6 Å². The first-order valence-electron chi connectivity index (χ1n) is 6.34. The van der Waals surface area contributed by atoms with Gasteiger partial charge >= 0.3 is 26.2 Å². The molecule has 113 valence electrons. The summed E-state index contributed by atoms with van der Waals surface area (Å²) in [7, 11) is 0.750. The van der Waals surface area contributed by atoms with Gasteiger partial charge in [-0.05, 0) is 12.8 Å². The van der Waals surface area contributed by atoms with Gasteiger partial charge in [0.25, 0.3) is 0 Å². The van der Waals surface area contributed by atoms with Crippen molar-refractivity contribution in [2.45, 2.75) is 52.1 Å². The maximum Gasteiger partial charge on any atom is 4.00 e. The van der Waals surface area contributed by atoms with Crippen LogP contribution in [0.4, 0.5) is 0 Å². The second-order valence-corrected chi connectivity index (χ2v) is 5.58. The molecular formula is C14H24Cl2NOSiZr. The molecule has 1 saturated carbocycles. The van der Waals surface area contributed by atoms with Crippen LogP contribution in [0.25, 0.3) is 5.73 Å². The zero-order valence-corrected chi connectivity index (χ0v) is 17.6. The van der Waals surface area contributed by atoms with Crippen LogP contribution in [0.15, 0.2) is 17.7 Å². The number of allylic oxidation sites excluding steroid dienone is 4. The van der Waals surface area contributed by atoms with Gasteiger partial charge in [0.15, 0.2) is 0 Å². The third-order valence-corrected chi connectivity index (χ3v) is 2.60. The van der Waals surface area contributed by atoms with Crippen LogP contribution in [-0.2, 0) is 31.0 Å². The number of amides is 1. The van der Waals surface area contributed by atoms with Crippen molar-refractivity contribution in [3.05, 3.63) is 29.5 Å². The molecule has 6 heteroatoms. The molecule has 0 saturated heterocycles. The van der Waals surface area contributed by atoms with Crippen LogP contribution in [0.5, 0.6) is 0 Å². The second-order valence-electron chi connectivity index (χ2n) is 4.42. The molecule has 1 radical (unpaired) electrons. The Morgan fingerprint density at radius 3 is 1.90 bits per heavy atom. The van der Waals surface area contributed by atoms with Crippen LogP contribution in [0.2, 0.25) is 13.1 Å². The van der Waals surface area contributed by atoms with Gasteiger partial charge in [0.1, 0.15) is 0 Å². The molecule has 0 aromatic rings. The topological polar surface area (TPSA) is 40.9 Å². The van der Waals surface area contributed by atoms with E-state index in [1.165, 1.54) is 5.57 Å². The van der Waals surface area contributed by atoms with E-state index in [9.17, 15) is 4.79 Å². The summed E-state index contributed by atoms with van der Waals surface area (Å²) in [5, 5.41) is 0. The fourth-order valence-electron chi connectivity index (χ4n) is 1.69. The van der Waals surface area contributed by atoms with E-state index >= 15 is 0 Å². The summed E-state index contributed by atoms with van der Waals surface area (Å²) < 4.78 is 0. The van der Waals surface area contributed by atoms with Gasteiger partial charge in [-0.2, -0.15) is 6.08 Å². The molecule has 2 aliphatic rings. The summed E-state index contributed by atoms with van der Waals surface area (Å²) in [5.41, 5.74) is 8.08. The molecule has 1 fully saturated rings. The predicted molar refractivity (Wildman–Crippen MR) is 76.4 cm³/mol. The summed E-state index contributed by atoms with van der Waals surface area (Å²) in [5.74, 6) is -0.266. The molecule has 1 amide bonds. The summed E-state index contributed by atoms with van der Waals surface area (Å²) in [4.78, 5) is 10.3. The van der Waals surface area contributed by atoms with E-state index in [2.05, 4.69) is 32.2 Å². The monoisotopic (exact) mass is 410 g/mol. The van der Waals surface area contributed by atoms with Gasteiger partial charge in [0, 0.05) is 15.4 Å². The number of hydrogen-bond donors (Lipinski definition) is 0. The van der Waals surface area contributed by atoms with Gasteiger partial charge < -0.3 is 35.3 Å². The quantitative estimate of drug-likeness (QED) is 0.362. The molecule has 0 bridgehead atoms. The van der Waals surface area contributed by atoms with Crippen LogP contribution in [-0.4, -0.2) is 15.4 Å². The van der Waals surface area contributed by atoms with E-state index in [1.807, 2.05) is 6.08 Å². The summed E-state index contributed by atoms with van der Waals surface area (Å²) in [6.45, 7) is 6.50. The molecule has 0 unspecified atom stereocenters. The Bertz CT molecular complexity index is 278. The van der Waals surface area contributed by atoms with Crippen LogP contribution >= 0.6 is 0 Å². The van der Waals surface area contributed by atoms with E-state index in [0.29, 0.717) is 0 Å². The van der Waals surface area contributed by atoms with Crippen molar-refractivity contribution in [3.8, 4) is 0 Å². The zero-order valence-electron chi connectivity index (χ0n) is 12.5. The summed E-state index contributed by atoms with van der Waals surface area (Å²) >= 11 is 0. The van der Waals surface area contributed by atoms with Crippen molar-refractivity contribution < 1.29 is 55.8 Å². The average molecular weight is 413 g/mol. The maximum absolute atomic E-state index is 10.3. The molecule has 0 aliphatic heterocycles. The fraction of sp³-hybridized carbons (Fsp3) is 0.643. The van der Waals surface area contributed by atoms with E-state index in [1.54, 1.807) is 0 Å². The molecule has 0 aromatic carbocycles. The molecule has 2 aliphatic carbocycles. The minimum atomic E-state index is -0.359. The largest absolute Gasteiger partial charge is 4.00 e. The Morgan fingerprint density at radius 2 is 1.75 bits per heavy atom. The van der Waals surface area contributed by atoms with Crippen molar-refractivity contribution in [2.24, 2.45) is 5.92 Å². The van der Waals surface area contributed by atoms with Gasteiger partial charge in [-0.15, -0.1) is 13.3 Å². The molecule has 0 aromatic heterocycles. The number of carbonyl (C=O) groups excluding carboxylic acids is 1. The van der Waals surface area contributed by atoms with E-state index < -0.39 is 0 Å². The minimum absolute atomic E-state index is 0. The normalized spacial score (nSPS) is 15.1. The van der Waals surface area contributed by atoms with Crippen molar-refractivity contribution in [1.82, 2.24) is 0 Å². The standard InChI is InChI=1S/C6H11NO.C6H7.C2H7Si.2ClH.Zr/c7-6(8)5-3-1-2-4-5;1-6-4-2-3-5-6;1-3-2;;;/h5H,1-4H2,(H2,7,8);4-5H,2H2,1H3;3H,1-2H3;2*1H;/q;-1;;;;+4/p-3. The van der Waals surface area contributed by atoms with E-state index in [4.69, 9.17) is 5.73 Å². The number of hydrogen-bond acceptors (Lipinski definition) is 1. The van der Waals surface area contributed by atoms with Gasteiger partial charge in [0.2, 0.25) is 0 Å². The molecule has 0 atom stereocenters. The van der Waals surface area contributed by atoms with Crippen molar-refractivity contribution >= 4 is 15.4 Å². The number of nitrogens with one attached hydrogen (secondary N) is 1. The van der Waals surface area contributed by atoms with Gasteiger partial charge in [-0.3, -0.25) is 6.08 Å². The van der Waals surface area contributed by atoms with Crippen molar-refractivity contribution in [3.63, 3.8) is 0 Å². The van der Waals surface area contributed by atoms with Crippen LogP contribution in [0, 0.1) is 12.0 Å². The third-order valence-electron chi connectivity index (χ3n) is 2.60. The van der Waals surface area contributed by atoms with Gasteiger partial charge in [0.05, 0.1) is 5.91 Å². The fourth-order valence-corrected chi connectivity index (χ4v) is 1.69. The van der Waals surface area contributed by atoms with Crippen LogP contribution in [0.1, 0.15) is 39.0 Å². The first-order valence-corrected chi connectivity index (χ1v) is 8.65. The zero-order chi connectivity index (χ0) is 13.1. The number of halogens is 2. The Morgan fingerprint density at radius 1 is 1.30 bits per heavy atom. The molecule has 2 rings (SSSR count). The number of carbonyl (C=O) groups is 1. The molecule has 1 N–H and O–H groups in total. The maximum atomic E-state index is 10.3. The molecule has 2 nitrogen and oxygen atoms in total. The Balaban J connectivity index is -0.0000000970. The predicted octanol–water partition coefficient (Wildman–Crippen LogP) is -2.02. The molecule has 0 heterocycles. The number of rotatable bonds is 1. The summed E-state index contributed by atoms with van der Waals surface area (Å²) in [6.07, 6.45) is 12.5. The molecule has 20 heavy (non-hydrogen) atoms. The Labute approximate surface area is 158 Å². The average Bonchev–Trinajstić information content (AvgIpc) is 2.91. The van der Waals surface area contributed by atoms with Crippen LogP contribution in [0.3, 0.4) is 0 Å². The smallest absolute Gasteiger partial charge is 1.00 e. The SMILES string of the molecule is CC1=CC[C-]=C1.C[SiH]C.[Cl-].[Cl-].[NH-]C(=O)C1CCCC1.[Zr+4]. The van der Waals surface area contributed by atoms with Crippen molar-refractivity contribution in [2.75, 3.05) is 0 Å². The summed E-state index contributed by atoms with van der Waals surface area (Å²) in [6, 6.07) is 0. The van der Waals surface area contributed by atoms with E-state index in [-0.39, 0.29) is 62.8 Å².